The van der Waals surface area contributed by atoms with Crippen molar-refractivity contribution in [2.24, 2.45) is 0 Å². The van der Waals surface area contributed by atoms with E-state index in [0.29, 0.717) is 6.42 Å². The van der Waals surface area contributed by atoms with Crippen LogP contribution >= 0.6 is 23.2 Å². The zero-order valence-electron chi connectivity index (χ0n) is 13.6. The molecule has 1 amide bonds. The zero-order chi connectivity index (χ0) is 19.0. The summed E-state index contributed by atoms with van der Waals surface area (Å²) in [5.41, 5.74) is 0. The molecule has 0 spiro atoms. The van der Waals surface area contributed by atoms with Gasteiger partial charge in [-0.1, -0.05) is 29.3 Å². The first-order chi connectivity index (χ1) is 11.4. The average Bonchev–Trinajstić information content (AvgIpc) is 2.95. The minimum absolute atomic E-state index is 0.0522. The fourth-order valence-corrected chi connectivity index (χ4v) is 5.96. The Morgan fingerprint density at radius 3 is 2.28 bits per heavy atom. The second-order valence-corrected chi connectivity index (χ2v) is 10.7. The van der Waals surface area contributed by atoms with Gasteiger partial charge in [0.25, 0.3) is 0 Å². The van der Waals surface area contributed by atoms with Crippen molar-refractivity contribution in [2.75, 3.05) is 19.3 Å². The lowest BCUT2D eigenvalue weighted by Crippen LogP contribution is -2.46. The van der Waals surface area contributed by atoms with Crippen molar-refractivity contribution < 1.29 is 21.6 Å². The molecule has 1 N–H and O–H groups in total. The lowest BCUT2D eigenvalue weighted by atomic mass is 10.3. The molecule has 1 aromatic carbocycles. The van der Waals surface area contributed by atoms with E-state index in [1.807, 2.05) is 0 Å². The molecule has 2 unspecified atom stereocenters. The van der Waals surface area contributed by atoms with E-state index in [9.17, 15) is 21.6 Å². The first-order valence-electron chi connectivity index (χ1n) is 7.37. The summed E-state index contributed by atoms with van der Waals surface area (Å²) in [5, 5.41) is -0.741. The summed E-state index contributed by atoms with van der Waals surface area (Å²) < 4.78 is 50.4. The van der Waals surface area contributed by atoms with Gasteiger partial charge in [-0.2, -0.15) is 4.72 Å². The maximum absolute atomic E-state index is 12.5. The largest absolute Gasteiger partial charge is 0.340 e. The molecule has 0 aliphatic carbocycles. The van der Waals surface area contributed by atoms with Gasteiger partial charge in [-0.05, 0) is 25.5 Å². The number of benzene rings is 1. The van der Waals surface area contributed by atoms with Crippen LogP contribution in [0.1, 0.15) is 13.3 Å². The van der Waals surface area contributed by atoms with E-state index >= 15 is 0 Å². The van der Waals surface area contributed by atoms with Crippen LogP contribution < -0.4 is 4.72 Å². The number of carbonyl (C=O) groups excluding carboxylic acids is 1. The van der Waals surface area contributed by atoms with Crippen LogP contribution in [-0.2, 0) is 24.7 Å². The van der Waals surface area contributed by atoms with Crippen LogP contribution in [0.3, 0.4) is 0 Å². The minimum Gasteiger partial charge on any atom is -0.340 e. The van der Waals surface area contributed by atoms with Crippen LogP contribution in [0.5, 0.6) is 0 Å². The number of sulfone groups is 1. The highest BCUT2D eigenvalue weighted by Crippen LogP contribution is 2.29. The molecule has 140 valence electrons. The summed E-state index contributed by atoms with van der Waals surface area (Å²) in [5.74, 6) is -0.502. The van der Waals surface area contributed by atoms with Gasteiger partial charge < -0.3 is 4.90 Å². The van der Waals surface area contributed by atoms with Gasteiger partial charge in [0.15, 0.2) is 9.84 Å². The maximum atomic E-state index is 12.5. The van der Waals surface area contributed by atoms with Gasteiger partial charge in [-0.15, -0.1) is 0 Å². The molecular formula is C14H18Cl2N2O5S2. The summed E-state index contributed by atoms with van der Waals surface area (Å²) >= 11 is 11.8. The Kier molecular flexibility index (Phi) is 6.05. The second-order valence-electron chi connectivity index (χ2n) is 5.92. The van der Waals surface area contributed by atoms with Gasteiger partial charge >= 0.3 is 0 Å². The molecule has 0 radical (unpaired) electrons. The van der Waals surface area contributed by atoms with Crippen molar-refractivity contribution in [3.8, 4) is 0 Å². The van der Waals surface area contributed by atoms with E-state index in [1.165, 1.54) is 30.0 Å². The van der Waals surface area contributed by atoms with Crippen molar-refractivity contribution in [1.82, 2.24) is 9.62 Å². The highest BCUT2D eigenvalue weighted by Gasteiger charge is 2.35. The lowest BCUT2D eigenvalue weighted by molar-refractivity contribution is -0.131. The number of hydrogen-bond acceptors (Lipinski definition) is 5. The van der Waals surface area contributed by atoms with Crippen LogP contribution in [0.2, 0.25) is 10.0 Å². The zero-order valence-corrected chi connectivity index (χ0v) is 16.7. The Bertz CT molecular complexity index is 866. The highest BCUT2D eigenvalue weighted by atomic mass is 35.5. The number of nitrogens with one attached hydrogen (secondary N) is 1. The third kappa shape index (κ3) is 4.65. The van der Waals surface area contributed by atoms with Crippen molar-refractivity contribution in [3.63, 3.8) is 0 Å². The molecule has 1 saturated heterocycles. The highest BCUT2D eigenvalue weighted by molar-refractivity contribution is 7.91. The number of amides is 1. The molecule has 1 aromatic rings. The number of likely N-dealkylation sites (tertiary alicyclic amines) is 1. The van der Waals surface area contributed by atoms with Crippen molar-refractivity contribution in [3.05, 3.63) is 28.2 Å². The van der Waals surface area contributed by atoms with Gasteiger partial charge in [0.2, 0.25) is 15.9 Å². The first kappa shape index (κ1) is 20.4. The van der Waals surface area contributed by atoms with Gasteiger partial charge in [0.05, 0.1) is 21.3 Å². The number of halogens is 2. The number of sulfonamides is 1. The van der Waals surface area contributed by atoms with Crippen LogP contribution in [0.15, 0.2) is 23.1 Å². The van der Waals surface area contributed by atoms with E-state index in [1.54, 1.807) is 0 Å². The summed E-state index contributed by atoms with van der Waals surface area (Å²) in [6, 6.07) is 3.18. The van der Waals surface area contributed by atoms with E-state index in [4.69, 9.17) is 23.2 Å². The number of nitrogens with zero attached hydrogens (tertiary/aromatic N) is 1. The fourth-order valence-electron chi connectivity index (χ4n) is 2.63. The van der Waals surface area contributed by atoms with Gasteiger partial charge in [0.1, 0.15) is 4.90 Å². The number of rotatable bonds is 5. The molecule has 11 heteroatoms. The third-order valence-electron chi connectivity index (χ3n) is 3.95. The Balaban J connectivity index is 2.14. The summed E-state index contributed by atoms with van der Waals surface area (Å²) in [6.45, 7) is 1.70. The van der Waals surface area contributed by atoms with Crippen LogP contribution in [0.25, 0.3) is 0 Å². The Morgan fingerprint density at radius 2 is 1.80 bits per heavy atom. The predicted molar refractivity (Wildman–Crippen MR) is 96.1 cm³/mol. The molecule has 1 aliphatic rings. The SMILES string of the molecule is CC(NS(=O)(=O)c1c(Cl)cccc1Cl)C(=O)N1CCC(S(C)(=O)=O)C1. The Hall–Kier alpha value is -0.870. The molecule has 1 heterocycles. The van der Waals surface area contributed by atoms with Gasteiger partial charge in [0, 0.05) is 19.3 Å². The predicted octanol–water partition coefficient (Wildman–Crippen LogP) is 1.31. The van der Waals surface area contributed by atoms with E-state index in [2.05, 4.69) is 4.72 Å². The monoisotopic (exact) mass is 428 g/mol. The van der Waals surface area contributed by atoms with Gasteiger partial charge in [-0.3, -0.25) is 4.79 Å². The Labute approximate surface area is 157 Å². The van der Waals surface area contributed by atoms with Crippen molar-refractivity contribution in [1.29, 1.82) is 0 Å². The normalized spacial score (nSPS) is 19.8. The molecule has 25 heavy (non-hydrogen) atoms. The molecule has 0 saturated carbocycles. The maximum Gasteiger partial charge on any atom is 0.244 e. The molecule has 7 nitrogen and oxygen atoms in total. The molecule has 1 aliphatic heterocycles. The van der Waals surface area contributed by atoms with E-state index < -0.39 is 37.1 Å². The average molecular weight is 429 g/mol. The van der Waals surface area contributed by atoms with Crippen molar-refractivity contribution >= 4 is 49.0 Å². The molecule has 0 bridgehead atoms. The summed E-state index contributed by atoms with van der Waals surface area (Å²) in [6.07, 6.45) is 1.46. The number of carbonyl (C=O) groups is 1. The second kappa shape index (κ2) is 7.40. The van der Waals surface area contributed by atoms with E-state index in [-0.39, 0.29) is 28.0 Å². The van der Waals surface area contributed by atoms with Gasteiger partial charge in [-0.25, -0.2) is 16.8 Å². The molecule has 2 atom stereocenters. The van der Waals surface area contributed by atoms with Crippen LogP contribution in [0, 0.1) is 0 Å². The Morgan fingerprint density at radius 1 is 1.24 bits per heavy atom. The molecule has 2 rings (SSSR count). The minimum atomic E-state index is -4.12. The topological polar surface area (TPSA) is 101 Å². The first-order valence-corrected chi connectivity index (χ1v) is 11.6. The summed E-state index contributed by atoms with van der Waals surface area (Å²) in [4.78, 5) is 13.5. The standard InChI is InChI=1S/C14H18Cl2N2O5S2/c1-9(14(19)18-7-6-10(8-18)24(2,20)21)17-25(22,23)13-11(15)4-3-5-12(13)16/h3-5,9-10,17H,6-8H2,1-2H3. The summed E-state index contributed by atoms with van der Waals surface area (Å²) in [7, 11) is -7.37. The molecular weight excluding hydrogens is 411 g/mol. The molecule has 1 fully saturated rings. The smallest absolute Gasteiger partial charge is 0.244 e. The van der Waals surface area contributed by atoms with Crippen LogP contribution in [0.4, 0.5) is 0 Å². The van der Waals surface area contributed by atoms with Crippen LogP contribution in [-0.4, -0.2) is 58.3 Å². The lowest BCUT2D eigenvalue weighted by Gasteiger charge is -2.22. The number of hydrogen-bond donors (Lipinski definition) is 1. The molecule has 0 aromatic heterocycles. The third-order valence-corrected chi connectivity index (χ3v) is 8.04. The quantitative estimate of drug-likeness (QED) is 0.761. The van der Waals surface area contributed by atoms with Crippen molar-refractivity contribution in [2.45, 2.75) is 29.5 Å². The fraction of sp³-hybridized carbons (Fsp3) is 0.500. The van der Waals surface area contributed by atoms with E-state index in [0.717, 1.165) is 6.26 Å².